The summed E-state index contributed by atoms with van der Waals surface area (Å²) in [6.07, 6.45) is 3.27. The largest absolute Gasteiger partial charge is 0.380 e. The summed E-state index contributed by atoms with van der Waals surface area (Å²) in [6, 6.07) is 32.0. The second-order valence-corrected chi connectivity index (χ2v) is 8.71. The zero-order chi connectivity index (χ0) is 19.7. The van der Waals surface area contributed by atoms with E-state index in [0.29, 0.717) is 12.0 Å². The molecule has 0 radical (unpaired) electrons. The third-order valence-corrected chi connectivity index (χ3v) is 7.14. The summed E-state index contributed by atoms with van der Waals surface area (Å²) in [5.74, 6) is 0.838. The van der Waals surface area contributed by atoms with Crippen molar-refractivity contribution in [1.29, 1.82) is 0 Å². The molecule has 5 rings (SSSR count). The molecule has 0 unspecified atom stereocenters. The lowest BCUT2D eigenvalue weighted by atomic mass is 9.70. The number of rotatable bonds is 4. The number of hydrogen-bond donors (Lipinski definition) is 1. The van der Waals surface area contributed by atoms with E-state index in [1.54, 1.807) is 0 Å². The first kappa shape index (κ1) is 18.6. The van der Waals surface area contributed by atoms with Gasteiger partial charge in [0.1, 0.15) is 5.60 Å². The van der Waals surface area contributed by atoms with Gasteiger partial charge in [0.25, 0.3) is 0 Å². The Hall–Kier alpha value is -2.42. The van der Waals surface area contributed by atoms with Gasteiger partial charge in [-0.3, -0.25) is 4.90 Å². The molecule has 148 valence electrons. The van der Waals surface area contributed by atoms with Gasteiger partial charge in [-0.15, -0.1) is 0 Å². The summed E-state index contributed by atoms with van der Waals surface area (Å²) >= 11 is 0. The minimum Gasteiger partial charge on any atom is -0.380 e. The van der Waals surface area contributed by atoms with E-state index in [-0.39, 0.29) is 5.92 Å². The van der Waals surface area contributed by atoms with Crippen LogP contribution in [0, 0.1) is 5.92 Å². The molecule has 2 heterocycles. The van der Waals surface area contributed by atoms with E-state index in [9.17, 15) is 5.11 Å². The van der Waals surface area contributed by atoms with Crippen LogP contribution in [-0.2, 0) is 5.60 Å². The van der Waals surface area contributed by atoms with Crippen LogP contribution >= 0.6 is 0 Å². The fourth-order valence-electron chi connectivity index (χ4n) is 5.64. The molecule has 2 aliphatic heterocycles. The molecule has 2 nitrogen and oxygen atoms in total. The van der Waals surface area contributed by atoms with Gasteiger partial charge in [0.15, 0.2) is 0 Å². The smallest absolute Gasteiger partial charge is 0.117 e. The maximum atomic E-state index is 12.2. The molecule has 3 atom stereocenters. The highest BCUT2D eigenvalue weighted by Gasteiger charge is 2.46. The van der Waals surface area contributed by atoms with Crippen molar-refractivity contribution in [2.24, 2.45) is 5.92 Å². The van der Waals surface area contributed by atoms with Crippen LogP contribution in [0.2, 0.25) is 0 Å². The third-order valence-electron chi connectivity index (χ3n) is 7.14. The van der Waals surface area contributed by atoms with Gasteiger partial charge in [0.2, 0.25) is 0 Å². The Bertz CT molecular complexity index is 885. The van der Waals surface area contributed by atoms with Crippen molar-refractivity contribution in [3.8, 4) is 0 Å². The van der Waals surface area contributed by atoms with Gasteiger partial charge >= 0.3 is 0 Å². The molecule has 2 heteroatoms. The van der Waals surface area contributed by atoms with E-state index in [1.165, 1.54) is 12.0 Å². The second-order valence-electron chi connectivity index (χ2n) is 8.71. The minimum atomic E-state index is -0.931. The molecule has 3 aromatic rings. The molecule has 0 bridgehead atoms. The maximum absolute atomic E-state index is 12.2. The zero-order valence-corrected chi connectivity index (χ0v) is 16.8. The highest BCUT2D eigenvalue weighted by atomic mass is 16.3. The summed E-state index contributed by atoms with van der Waals surface area (Å²) in [7, 11) is 0. The molecule has 0 aromatic heterocycles. The van der Waals surface area contributed by atoms with E-state index in [1.807, 2.05) is 36.4 Å². The van der Waals surface area contributed by atoms with Crippen molar-refractivity contribution in [2.45, 2.75) is 36.8 Å². The summed E-state index contributed by atoms with van der Waals surface area (Å²) in [4.78, 5) is 2.66. The average Bonchev–Trinajstić information content (AvgIpc) is 3.24. The van der Waals surface area contributed by atoms with Gasteiger partial charge in [-0.1, -0.05) is 91.0 Å². The normalized spacial score (nSPS) is 24.9. The number of fused-ring (bicyclic) bond motifs is 1. The predicted octanol–water partition coefficient (Wildman–Crippen LogP) is 5.19. The van der Waals surface area contributed by atoms with Gasteiger partial charge in [-0.25, -0.2) is 0 Å². The van der Waals surface area contributed by atoms with Gasteiger partial charge in [0.05, 0.1) is 0 Å². The third kappa shape index (κ3) is 3.41. The first-order valence-corrected chi connectivity index (χ1v) is 10.9. The van der Waals surface area contributed by atoms with Crippen molar-refractivity contribution in [3.05, 3.63) is 108 Å². The quantitative estimate of drug-likeness (QED) is 0.670. The van der Waals surface area contributed by atoms with Crippen LogP contribution in [0.4, 0.5) is 0 Å². The van der Waals surface area contributed by atoms with Gasteiger partial charge in [0, 0.05) is 12.6 Å². The number of piperidine rings is 1. The number of benzene rings is 3. The molecule has 2 aliphatic rings. The number of aliphatic hydroxyl groups is 1. The van der Waals surface area contributed by atoms with E-state index in [0.717, 1.165) is 37.1 Å². The molecule has 0 saturated carbocycles. The molecule has 29 heavy (non-hydrogen) atoms. The van der Waals surface area contributed by atoms with Crippen molar-refractivity contribution in [2.75, 3.05) is 13.1 Å². The Balaban J connectivity index is 1.44. The Morgan fingerprint density at radius 2 is 1.28 bits per heavy atom. The first-order valence-electron chi connectivity index (χ1n) is 10.9. The van der Waals surface area contributed by atoms with Crippen LogP contribution in [0.3, 0.4) is 0 Å². The first-order chi connectivity index (χ1) is 14.2. The van der Waals surface area contributed by atoms with Crippen LogP contribution in [0.25, 0.3) is 0 Å². The summed E-state index contributed by atoms with van der Waals surface area (Å²) in [5.41, 5.74) is 2.56. The molecule has 2 saturated heterocycles. The molecule has 0 amide bonds. The SMILES string of the molecule is OC(c1ccccc1)(c1ccccc1)[C@@H]1CCN2C[C@@H](c3ccccc3)C[C@@H]2C1. The number of nitrogens with zero attached hydrogens (tertiary/aromatic N) is 1. The predicted molar refractivity (Wildman–Crippen MR) is 118 cm³/mol. The van der Waals surface area contributed by atoms with Crippen LogP contribution in [0.5, 0.6) is 0 Å². The minimum absolute atomic E-state index is 0.225. The molecule has 1 N–H and O–H groups in total. The molecule has 0 aliphatic carbocycles. The zero-order valence-electron chi connectivity index (χ0n) is 16.8. The van der Waals surface area contributed by atoms with E-state index >= 15 is 0 Å². The van der Waals surface area contributed by atoms with Crippen molar-refractivity contribution >= 4 is 0 Å². The van der Waals surface area contributed by atoms with Crippen molar-refractivity contribution in [1.82, 2.24) is 4.90 Å². The van der Waals surface area contributed by atoms with E-state index in [2.05, 4.69) is 59.5 Å². The van der Waals surface area contributed by atoms with Crippen molar-refractivity contribution in [3.63, 3.8) is 0 Å². The van der Waals surface area contributed by atoms with Crippen LogP contribution in [0.15, 0.2) is 91.0 Å². The van der Waals surface area contributed by atoms with Crippen LogP contribution in [0.1, 0.15) is 41.9 Å². The summed E-state index contributed by atoms with van der Waals surface area (Å²) < 4.78 is 0. The summed E-state index contributed by atoms with van der Waals surface area (Å²) in [5, 5.41) is 12.2. The Kier molecular flexibility index (Phi) is 4.99. The van der Waals surface area contributed by atoms with Gasteiger partial charge in [-0.2, -0.15) is 0 Å². The highest BCUT2D eigenvalue weighted by molar-refractivity contribution is 5.37. The van der Waals surface area contributed by atoms with Crippen LogP contribution in [-0.4, -0.2) is 29.1 Å². The van der Waals surface area contributed by atoms with E-state index < -0.39 is 5.60 Å². The lowest BCUT2D eigenvalue weighted by Crippen LogP contribution is -2.46. The standard InChI is InChI=1S/C27H29NO/c29-27(23-12-6-2-7-13-23,24-14-8-3-9-15-24)25-16-17-28-20-22(18-26(28)19-25)21-10-4-1-5-11-21/h1-15,22,25-26,29H,16-20H2/t22-,25+,26+/m0/s1. The summed E-state index contributed by atoms with van der Waals surface area (Å²) in [6.45, 7) is 2.22. The molecular formula is C27H29NO. The van der Waals surface area contributed by atoms with Crippen LogP contribution < -0.4 is 0 Å². The van der Waals surface area contributed by atoms with Crippen molar-refractivity contribution < 1.29 is 5.11 Å². The van der Waals surface area contributed by atoms with Gasteiger partial charge in [-0.05, 0) is 54.3 Å². The number of hydrogen-bond acceptors (Lipinski definition) is 2. The Morgan fingerprint density at radius 3 is 1.86 bits per heavy atom. The molecule has 3 aromatic carbocycles. The topological polar surface area (TPSA) is 23.5 Å². The molecule has 2 fully saturated rings. The molecular weight excluding hydrogens is 354 g/mol. The lowest BCUT2D eigenvalue weighted by molar-refractivity contribution is -0.0232. The van der Waals surface area contributed by atoms with Gasteiger partial charge < -0.3 is 5.11 Å². The van der Waals surface area contributed by atoms with E-state index in [4.69, 9.17) is 0 Å². The molecule has 0 spiro atoms. The Morgan fingerprint density at radius 1 is 0.724 bits per heavy atom. The fraction of sp³-hybridized carbons (Fsp3) is 0.333. The lowest BCUT2D eigenvalue weighted by Gasteiger charge is -2.44. The maximum Gasteiger partial charge on any atom is 0.117 e. The fourth-order valence-corrected chi connectivity index (χ4v) is 5.64. The Labute approximate surface area is 173 Å². The monoisotopic (exact) mass is 383 g/mol. The average molecular weight is 384 g/mol. The highest BCUT2D eigenvalue weighted by Crippen LogP contribution is 2.46. The second kappa shape index (κ2) is 7.78.